The lowest BCUT2D eigenvalue weighted by atomic mass is 9.78. The maximum atomic E-state index is 12.4. The van der Waals surface area contributed by atoms with Crippen molar-refractivity contribution < 1.29 is 18.0 Å². The molecule has 2 rings (SSSR count). The molecule has 1 aromatic rings. The van der Waals surface area contributed by atoms with E-state index in [2.05, 4.69) is 24.1 Å². The van der Waals surface area contributed by atoms with Crippen LogP contribution in [0, 0.1) is 11.8 Å². The molecule has 0 bridgehead atoms. The van der Waals surface area contributed by atoms with Gasteiger partial charge < -0.3 is 5.32 Å². The molecule has 0 radical (unpaired) electrons. The summed E-state index contributed by atoms with van der Waals surface area (Å²) in [5.41, 5.74) is -0.827. The second-order valence-electron chi connectivity index (χ2n) is 5.78. The zero-order valence-electron chi connectivity index (χ0n) is 12.1. The van der Waals surface area contributed by atoms with E-state index in [1.165, 1.54) is 6.07 Å². The monoisotopic (exact) mass is 300 g/mol. The lowest BCUT2D eigenvalue weighted by molar-refractivity contribution is -0.141. The van der Waals surface area contributed by atoms with Crippen LogP contribution in [0.15, 0.2) is 18.3 Å². The third-order valence-corrected chi connectivity index (χ3v) is 4.34. The van der Waals surface area contributed by atoms with Crippen LogP contribution in [-0.4, -0.2) is 16.9 Å². The Balaban J connectivity index is 2.03. The summed E-state index contributed by atoms with van der Waals surface area (Å²) in [5.74, 6) is 0.544. The maximum absolute atomic E-state index is 12.4. The number of pyridine rings is 1. The molecule has 0 saturated heterocycles. The molecule has 1 aromatic heterocycles. The molecule has 6 heteroatoms. The summed E-state index contributed by atoms with van der Waals surface area (Å²) in [6, 6.07) is 2.08. The fourth-order valence-electron chi connectivity index (χ4n) is 2.73. The molecule has 0 spiro atoms. The van der Waals surface area contributed by atoms with E-state index in [0.717, 1.165) is 31.5 Å². The van der Waals surface area contributed by atoms with Crippen molar-refractivity contribution in [3.63, 3.8) is 0 Å². The number of nitrogens with one attached hydrogen (secondary N) is 1. The summed E-state index contributed by atoms with van der Waals surface area (Å²) < 4.78 is 37.3. The number of carbonyl (C=O) groups is 1. The van der Waals surface area contributed by atoms with E-state index in [9.17, 15) is 18.0 Å². The molecular weight excluding hydrogens is 281 g/mol. The van der Waals surface area contributed by atoms with Crippen LogP contribution in [0.2, 0.25) is 0 Å². The number of nitrogens with zero attached hydrogens (tertiary/aromatic N) is 1. The van der Waals surface area contributed by atoms with E-state index in [-0.39, 0.29) is 17.5 Å². The molecule has 1 aliphatic rings. The number of carbonyl (C=O) groups excluding carboxylic acids is 1. The van der Waals surface area contributed by atoms with Crippen LogP contribution in [0.3, 0.4) is 0 Å². The zero-order valence-corrected chi connectivity index (χ0v) is 12.1. The highest BCUT2D eigenvalue weighted by Crippen LogP contribution is 2.30. The average molecular weight is 300 g/mol. The first-order chi connectivity index (χ1) is 9.79. The Kier molecular flexibility index (Phi) is 4.54. The Hall–Kier alpha value is -1.59. The van der Waals surface area contributed by atoms with Crippen LogP contribution in [-0.2, 0) is 6.18 Å². The van der Waals surface area contributed by atoms with Crippen molar-refractivity contribution in [1.29, 1.82) is 0 Å². The maximum Gasteiger partial charge on any atom is 0.433 e. The van der Waals surface area contributed by atoms with E-state index in [0.29, 0.717) is 11.8 Å². The third kappa shape index (κ3) is 3.74. The Labute approximate surface area is 122 Å². The SMILES string of the molecule is CC1CCCC(NC(=O)c2ccc(C(F)(F)F)nc2)C1C. The predicted octanol–water partition coefficient (Wildman–Crippen LogP) is 3.65. The Morgan fingerprint density at radius 1 is 1.29 bits per heavy atom. The Morgan fingerprint density at radius 2 is 2.00 bits per heavy atom. The van der Waals surface area contributed by atoms with Crippen molar-refractivity contribution in [2.75, 3.05) is 0 Å². The van der Waals surface area contributed by atoms with Gasteiger partial charge in [0.25, 0.3) is 5.91 Å². The molecule has 3 unspecified atom stereocenters. The van der Waals surface area contributed by atoms with E-state index >= 15 is 0 Å². The van der Waals surface area contributed by atoms with Crippen molar-refractivity contribution in [2.45, 2.75) is 45.3 Å². The van der Waals surface area contributed by atoms with Gasteiger partial charge in [-0.25, -0.2) is 0 Å². The van der Waals surface area contributed by atoms with Gasteiger partial charge in [-0.2, -0.15) is 13.2 Å². The number of hydrogen-bond donors (Lipinski definition) is 1. The molecule has 1 N–H and O–H groups in total. The first-order valence-corrected chi connectivity index (χ1v) is 7.13. The first kappa shape index (κ1) is 15.8. The average Bonchev–Trinajstić information content (AvgIpc) is 2.43. The molecule has 1 fully saturated rings. The van der Waals surface area contributed by atoms with E-state index in [1.807, 2.05) is 0 Å². The fourth-order valence-corrected chi connectivity index (χ4v) is 2.73. The van der Waals surface area contributed by atoms with Gasteiger partial charge in [0.1, 0.15) is 5.69 Å². The minimum absolute atomic E-state index is 0.0727. The topological polar surface area (TPSA) is 42.0 Å². The molecule has 0 aromatic carbocycles. The summed E-state index contributed by atoms with van der Waals surface area (Å²) in [6.07, 6.45) is -0.389. The van der Waals surface area contributed by atoms with Crippen molar-refractivity contribution >= 4 is 5.91 Å². The number of amides is 1. The molecule has 1 heterocycles. The lowest BCUT2D eigenvalue weighted by Crippen LogP contribution is -2.43. The Morgan fingerprint density at radius 3 is 2.57 bits per heavy atom. The summed E-state index contributed by atoms with van der Waals surface area (Å²) in [6.45, 7) is 4.25. The third-order valence-electron chi connectivity index (χ3n) is 4.34. The summed E-state index contributed by atoms with van der Waals surface area (Å²) in [4.78, 5) is 15.4. The second-order valence-corrected chi connectivity index (χ2v) is 5.78. The van der Waals surface area contributed by atoms with Gasteiger partial charge >= 0.3 is 6.18 Å². The molecule has 1 saturated carbocycles. The van der Waals surface area contributed by atoms with Gasteiger partial charge in [-0.1, -0.05) is 26.7 Å². The lowest BCUT2D eigenvalue weighted by Gasteiger charge is -2.34. The number of halogens is 3. The first-order valence-electron chi connectivity index (χ1n) is 7.13. The van der Waals surface area contributed by atoms with Gasteiger partial charge in [0.2, 0.25) is 0 Å². The van der Waals surface area contributed by atoms with Gasteiger partial charge in [-0.15, -0.1) is 0 Å². The van der Waals surface area contributed by atoms with E-state index in [4.69, 9.17) is 0 Å². The molecule has 1 aliphatic carbocycles. The van der Waals surface area contributed by atoms with Crippen molar-refractivity contribution in [3.05, 3.63) is 29.6 Å². The van der Waals surface area contributed by atoms with Crippen molar-refractivity contribution in [1.82, 2.24) is 10.3 Å². The number of alkyl halides is 3. The van der Waals surface area contributed by atoms with Gasteiger partial charge in [0.05, 0.1) is 5.56 Å². The number of aromatic nitrogens is 1. The minimum atomic E-state index is -4.48. The Bertz CT molecular complexity index is 499. The standard InChI is InChI=1S/C15H19F3N2O/c1-9-4-3-5-12(10(9)2)20-14(21)11-6-7-13(19-8-11)15(16,17)18/h6-10,12H,3-5H2,1-2H3,(H,20,21). The van der Waals surface area contributed by atoms with E-state index in [1.54, 1.807) is 0 Å². The molecule has 0 aliphatic heterocycles. The quantitative estimate of drug-likeness (QED) is 0.905. The molecule has 3 nitrogen and oxygen atoms in total. The predicted molar refractivity (Wildman–Crippen MR) is 72.7 cm³/mol. The molecule has 1 amide bonds. The largest absolute Gasteiger partial charge is 0.433 e. The number of hydrogen-bond acceptors (Lipinski definition) is 2. The van der Waals surface area contributed by atoms with Gasteiger partial charge in [0.15, 0.2) is 0 Å². The van der Waals surface area contributed by atoms with E-state index < -0.39 is 11.9 Å². The van der Waals surface area contributed by atoms with Crippen LogP contribution in [0.1, 0.15) is 49.2 Å². The smallest absolute Gasteiger partial charge is 0.349 e. The van der Waals surface area contributed by atoms with Gasteiger partial charge in [-0.05, 0) is 30.4 Å². The van der Waals surface area contributed by atoms with Crippen LogP contribution in [0.5, 0.6) is 0 Å². The zero-order chi connectivity index (χ0) is 15.6. The second kappa shape index (κ2) is 6.03. The highest BCUT2D eigenvalue weighted by Gasteiger charge is 2.32. The molecule has 116 valence electrons. The molecular formula is C15H19F3N2O. The van der Waals surface area contributed by atoms with Crippen molar-refractivity contribution in [2.24, 2.45) is 11.8 Å². The number of rotatable bonds is 2. The van der Waals surface area contributed by atoms with Crippen LogP contribution in [0.4, 0.5) is 13.2 Å². The molecule has 21 heavy (non-hydrogen) atoms. The highest BCUT2D eigenvalue weighted by atomic mass is 19.4. The van der Waals surface area contributed by atoms with Crippen LogP contribution >= 0.6 is 0 Å². The summed E-state index contributed by atoms with van der Waals surface area (Å²) in [5, 5.41) is 2.91. The fraction of sp³-hybridized carbons (Fsp3) is 0.600. The van der Waals surface area contributed by atoms with Crippen LogP contribution < -0.4 is 5.32 Å². The summed E-state index contributed by atoms with van der Waals surface area (Å²) in [7, 11) is 0. The normalized spacial score (nSPS) is 26.4. The van der Waals surface area contributed by atoms with Crippen LogP contribution in [0.25, 0.3) is 0 Å². The molecule has 3 atom stereocenters. The minimum Gasteiger partial charge on any atom is -0.349 e. The van der Waals surface area contributed by atoms with Gasteiger partial charge in [-0.3, -0.25) is 9.78 Å². The van der Waals surface area contributed by atoms with Gasteiger partial charge in [0, 0.05) is 12.2 Å². The summed E-state index contributed by atoms with van der Waals surface area (Å²) >= 11 is 0. The highest BCUT2D eigenvalue weighted by molar-refractivity contribution is 5.94. The van der Waals surface area contributed by atoms with Crippen molar-refractivity contribution in [3.8, 4) is 0 Å².